The largest absolute Gasteiger partial charge is 0.385 e. The van der Waals surface area contributed by atoms with E-state index in [-0.39, 0.29) is 0 Å². The molecule has 20 heavy (non-hydrogen) atoms. The van der Waals surface area contributed by atoms with E-state index in [9.17, 15) is 0 Å². The van der Waals surface area contributed by atoms with Crippen molar-refractivity contribution in [3.05, 3.63) is 71.8 Å². The quantitative estimate of drug-likeness (QED) is 0.575. The van der Waals surface area contributed by atoms with Gasteiger partial charge in [0, 0.05) is 13.7 Å². The van der Waals surface area contributed by atoms with E-state index in [0.29, 0.717) is 0 Å². The van der Waals surface area contributed by atoms with Crippen molar-refractivity contribution in [2.24, 2.45) is 0 Å². The molecule has 0 radical (unpaired) electrons. The monoisotopic (exact) mass is 264 g/mol. The molecule has 102 valence electrons. The zero-order valence-electron chi connectivity index (χ0n) is 12.4. The van der Waals surface area contributed by atoms with Gasteiger partial charge in [0.2, 0.25) is 0 Å². The lowest BCUT2D eigenvalue weighted by Crippen LogP contribution is -2.02. The second-order valence-electron chi connectivity index (χ2n) is 5.14. The van der Waals surface area contributed by atoms with Crippen LogP contribution in [0, 0.1) is 0 Å². The van der Waals surface area contributed by atoms with Crippen LogP contribution < -0.4 is 5.46 Å². The van der Waals surface area contributed by atoms with E-state index in [2.05, 4.69) is 63.0 Å². The Morgan fingerprint density at radius 1 is 1.10 bits per heavy atom. The van der Waals surface area contributed by atoms with Gasteiger partial charge in [0.15, 0.2) is 0 Å². The van der Waals surface area contributed by atoms with E-state index in [0.717, 1.165) is 25.0 Å². The number of rotatable bonds is 6. The van der Waals surface area contributed by atoms with E-state index >= 15 is 0 Å². The highest BCUT2D eigenvalue weighted by Gasteiger charge is 2.03. The molecule has 0 aliphatic heterocycles. The first kappa shape index (κ1) is 14.6. The van der Waals surface area contributed by atoms with Gasteiger partial charge in [0.1, 0.15) is 7.85 Å². The third-order valence-electron chi connectivity index (χ3n) is 3.48. The fourth-order valence-electron chi connectivity index (χ4n) is 2.29. The fraction of sp³-hybridized carbons (Fsp3) is 0.222. The Morgan fingerprint density at radius 2 is 1.85 bits per heavy atom. The molecular weight excluding hydrogens is 243 g/mol. The summed E-state index contributed by atoms with van der Waals surface area (Å²) in [6, 6.07) is 17.2. The summed E-state index contributed by atoms with van der Waals surface area (Å²) in [5, 5.41) is 0. The minimum atomic E-state index is 0.817. The molecule has 2 heteroatoms. The molecule has 0 saturated heterocycles. The molecule has 0 fully saturated rings. The summed E-state index contributed by atoms with van der Waals surface area (Å²) in [6.07, 6.45) is 2.12. The van der Waals surface area contributed by atoms with Crippen LogP contribution in [0.2, 0.25) is 0 Å². The highest BCUT2D eigenvalue weighted by atomic mass is 16.5. The number of ether oxygens (including phenoxy) is 1. The Bertz CT molecular complexity index is 572. The molecule has 0 unspecified atom stereocenters. The molecule has 0 N–H and O–H groups in total. The number of hydrogen-bond acceptors (Lipinski definition) is 1. The zero-order valence-corrected chi connectivity index (χ0v) is 12.4. The van der Waals surface area contributed by atoms with Crippen molar-refractivity contribution >= 4 is 18.9 Å². The van der Waals surface area contributed by atoms with Crippen molar-refractivity contribution in [3.8, 4) is 0 Å². The van der Waals surface area contributed by atoms with Gasteiger partial charge < -0.3 is 4.74 Å². The summed E-state index contributed by atoms with van der Waals surface area (Å²) < 4.78 is 5.08. The van der Waals surface area contributed by atoms with Gasteiger partial charge in [-0.25, -0.2) is 0 Å². The lowest BCUT2D eigenvalue weighted by atomic mass is 9.90. The predicted molar refractivity (Wildman–Crippen MR) is 89.4 cm³/mol. The van der Waals surface area contributed by atoms with Gasteiger partial charge in [-0.15, -0.1) is 0 Å². The maximum Gasteiger partial charge on any atom is 0.139 e. The molecule has 0 aromatic heterocycles. The van der Waals surface area contributed by atoms with Crippen molar-refractivity contribution in [2.45, 2.75) is 12.8 Å². The van der Waals surface area contributed by atoms with E-state index in [1.807, 2.05) is 0 Å². The number of benzene rings is 2. The predicted octanol–water partition coefficient (Wildman–Crippen LogP) is 2.59. The summed E-state index contributed by atoms with van der Waals surface area (Å²) in [7, 11) is 3.85. The Labute approximate surface area is 122 Å². The average Bonchev–Trinajstić information content (AvgIpc) is 2.47. The Kier molecular flexibility index (Phi) is 5.20. The molecule has 0 heterocycles. The molecule has 2 rings (SSSR count). The molecule has 0 saturated carbocycles. The highest BCUT2D eigenvalue weighted by Crippen LogP contribution is 2.21. The van der Waals surface area contributed by atoms with Crippen LogP contribution in [0.5, 0.6) is 0 Å². The molecule has 0 amide bonds. The van der Waals surface area contributed by atoms with E-state index in [1.54, 1.807) is 7.11 Å². The summed E-state index contributed by atoms with van der Waals surface area (Å²) in [5.41, 5.74) is 6.07. The van der Waals surface area contributed by atoms with Gasteiger partial charge in [-0.1, -0.05) is 60.6 Å². The van der Waals surface area contributed by atoms with Gasteiger partial charge in [-0.2, -0.15) is 0 Å². The standard InChI is InChI=1S/C18H21BO/c1-14(17-6-3-7-18(19)13-17)16-10-8-15(9-11-16)5-4-12-20-2/h3,6-11,13H,1,4-5,12,19H2,2H3. The topological polar surface area (TPSA) is 9.23 Å². The lowest BCUT2D eigenvalue weighted by Gasteiger charge is -2.08. The fourth-order valence-corrected chi connectivity index (χ4v) is 2.29. The van der Waals surface area contributed by atoms with Crippen molar-refractivity contribution in [3.63, 3.8) is 0 Å². The van der Waals surface area contributed by atoms with Crippen LogP contribution in [-0.4, -0.2) is 21.6 Å². The van der Waals surface area contributed by atoms with E-state index in [1.165, 1.54) is 22.2 Å². The maximum absolute atomic E-state index is 5.08. The van der Waals surface area contributed by atoms with Crippen LogP contribution in [0.15, 0.2) is 55.1 Å². The van der Waals surface area contributed by atoms with Gasteiger partial charge >= 0.3 is 0 Å². The second kappa shape index (κ2) is 7.11. The van der Waals surface area contributed by atoms with E-state index in [4.69, 9.17) is 4.74 Å². The van der Waals surface area contributed by atoms with Crippen molar-refractivity contribution in [1.29, 1.82) is 0 Å². The molecule has 0 aliphatic rings. The van der Waals surface area contributed by atoms with Crippen LogP contribution in [0.25, 0.3) is 5.57 Å². The molecule has 0 bridgehead atoms. The number of methoxy groups -OCH3 is 1. The molecule has 0 spiro atoms. The normalized spacial score (nSPS) is 10.4. The van der Waals surface area contributed by atoms with E-state index < -0.39 is 0 Å². The first-order valence-electron chi connectivity index (χ1n) is 7.05. The first-order valence-corrected chi connectivity index (χ1v) is 7.05. The van der Waals surface area contributed by atoms with Crippen LogP contribution in [0.4, 0.5) is 0 Å². The third kappa shape index (κ3) is 3.85. The first-order chi connectivity index (χ1) is 9.70. The summed E-state index contributed by atoms with van der Waals surface area (Å²) in [5.74, 6) is 0. The van der Waals surface area contributed by atoms with Gasteiger partial charge in [0.05, 0.1) is 0 Å². The summed E-state index contributed by atoms with van der Waals surface area (Å²) in [6.45, 7) is 5.04. The average molecular weight is 264 g/mol. The third-order valence-corrected chi connectivity index (χ3v) is 3.48. The lowest BCUT2D eigenvalue weighted by molar-refractivity contribution is 0.195. The van der Waals surface area contributed by atoms with Crippen molar-refractivity contribution in [2.75, 3.05) is 13.7 Å². The Hall–Kier alpha value is -1.80. The molecule has 1 nitrogen and oxygen atoms in total. The van der Waals surface area contributed by atoms with Crippen LogP contribution >= 0.6 is 0 Å². The molecule has 2 aromatic carbocycles. The molecule has 2 aromatic rings. The van der Waals surface area contributed by atoms with Crippen molar-refractivity contribution < 1.29 is 4.74 Å². The van der Waals surface area contributed by atoms with Gasteiger partial charge in [-0.3, -0.25) is 0 Å². The highest BCUT2D eigenvalue weighted by molar-refractivity contribution is 6.32. The minimum absolute atomic E-state index is 0.817. The summed E-state index contributed by atoms with van der Waals surface area (Å²) in [4.78, 5) is 0. The Balaban J connectivity index is 2.07. The molecule has 0 aliphatic carbocycles. The van der Waals surface area contributed by atoms with Gasteiger partial charge in [0.25, 0.3) is 0 Å². The SMILES string of the molecule is Bc1cccc(C(=C)c2ccc(CCCOC)cc2)c1. The Morgan fingerprint density at radius 3 is 2.50 bits per heavy atom. The molecule has 0 atom stereocenters. The zero-order chi connectivity index (χ0) is 14.4. The van der Waals surface area contributed by atoms with Crippen LogP contribution in [0.3, 0.4) is 0 Å². The second-order valence-corrected chi connectivity index (χ2v) is 5.14. The van der Waals surface area contributed by atoms with Crippen molar-refractivity contribution in [1.82, 2.24) is 0 Å². The number of aryl methyl sites for hydroxylation is 1. The molecular formula is C18H21BO. The summed E-state index contributed by atoms with van der Waals surface area (Å²) >= 11 is 0. The van der Waals surface area contributed by atoms with Crippen LogP contribution in [0.1, 0.15) is 23.1 Å². The minimum Gasteiger partial charge on any atom is -0.385 e. The van der Waals surface area contributed by atoms with Crippen LogP contribution in [-0.2, 0) is 11.2 Å². The smallest absolute Gasteiger partial charge is 0.139 e. The maximum atomic E-state index is 5.08. The van der Waals surface area contributed by atoms with Gasteiger partial charge in [-0.05, 0) is 35.1 Å². The number of hydrogen-bond donors (Lipinski definition) is 0.